The molecule has 0 saturated carbocycles. The van der Waals surface area contributed by atoms with Gasteiger partial charge in [-0.3, -0.25) is 4.79 Å². The zero-order chi connectivity index (χ0) is 11.4. The highest BCUT2D eigenvalue weighted by atomic mass is 32.1. The molecule has 1 saturated heterocycles. The molecule has 1 fully saturated rings. The smallest absolute Gasteiger partial charge is 0.311 e. The van der Waals surface area contributed by atoms with E-state index in [9.17, 15) is 4.79 Å². The molecule has 6 heteroatoms. The molecule has 0 aliphatic carbocycles. The maximum atomic E-state index is 11.1. The van der Waals surface area contributed by atoms with E-state index >= 15 is 0 Å². The second-order valence-corrected chi connectivity index (χ2v) is 4.45. The van der Waals surface area contributed by atoms with Crippen molar-refractivity contribution in [3.8, 4) is 0 Å². The molecular weight excluding hydrogens is 226 g/mol. The number of thiazole rings is 1. The predicted molar refractivity (Wildman–Crippen MR) is 62.9 cm³/mol. The van der Waals surface area contributed by atoms with Gasteiger partial charge in [0.2, 0.25) is 0 Å². The highest BCUT2D eigenvalue weighted by Crippen LogP contribution is 2.21. The van der Waals surface area contributed by atoms with Gasteiger partial charge in [-0.2, -0.15) is 0 Å². The molecule has 1 aliphatic rings. The summed E-state index contributed by atoms with van der Waals surface area (Å²) in [5.41, 5.74) is 0.797. The van der Waals surface area contributed by atoms with Crippen molar-refractivity contribution in [1.82, 2.24) is 10.3 Å². The number of piperazine rings is 1. The van der Waals surface area contributed by atoms with Gasteiger partial charge in [0.25, 0.3) is 0 Å². The van der Waals surface area contributed by atoms with Crippen LogP contribution >= 0.6 is 11.3 Å². The first kappa shape index (κ1) is 11.3. The Hall–Kier alpha value is -1.14. The second kappa shape index (κ2) is 5.27. The van der Waals surface area contributed by atoms with Crippen molar-refractivity contribution in [3.05, 3.63) is 11.1 Å². The van der Waals surface area contributed by atoms with Crippen molar-refractivity contribution in [2.45, 2.75) is 6.42 Å². The van der Waals surface area contributed by atoms with Crippen molar-refractivity contribution >= 4 is 22.4 Å². The van der Waals surface area contributed by atoms with Crippen LogP contribution in [0.5, 0.6) is 0 Å². The summed E-state index contributed by atoms with van der Waals surface area (Å²) in [4.78, 5) is 17.8. The Morgan fingerprint density at radius 1 is 1.62 bits per heavy atom. The fraction of sp³-hybridized carbons (Fsp3) is 0.600. The molecule has 2 rings (SSSR count). The number of hydrogen-bond donors (Lipinski definition) is 1. The van der Waals surface area contributed by atoms with Crippen molar-refractivity contribution in [2.24, 2.45) is 0 Å². The summed E-state index contributed by atoms with van der Waals surface area (Å²) in [6.45, 7) is 3.94. The lowest BCUT2D eigenvalue weighted by molar-refractivity contribution is -0.139. The van der Waals surface area contributed by atoms with E-state index in [2.05, 4.69) is 19.9 Å². The van der Waals surface area contributed by atoms with E-state index in [0.29, 0.717) is 0 Å². The van der Waals surface area contributed by atoms with Crippen LogP contribution in [0, 0.1) is 0 Å². The topological polar surface area (TPSA) is 54.5 Å². The van der Waals surface area contributed by atoms with E-state index in [1.807, 2.05) is 5.38 Å². The lowest BCUT2D eigenvalue weighted by atomic mass is 10.3. The van der Waals surface area contributed by atoms with Crippen molar-refractivity contribution in [1.29, 1.82) is 0 Å². The van der Waals surface area contributed by atoms with E-state index in [-0.39, 0.29) is 12.4 Å². The van der Waals surface area contributed by atoms with Crippen LogP contribution in [0.3, 0.4) is 0 Å². The van der Waals surface area contributed by atoms with Gasteiger partial charge in [0.1, 0.15) is 0 Å². The fourth-order valence-electron chi connectivity index (χ4n) is 1.60. The summed E-state index contributed by atoms with van der Waals surface area (Å²) < 4.78 is 4.61. The van der Waals surface area contributed by atoms with Gasteiger partial charge in [-0.15, -0.1) is 11.3 Å². The van der Waals surface area contributed by atoms with Crippen LogP contribution in [0.1, 0.15) is 5.69 Å². The molecule has 88 valence electrons. The third-order valence-electron chi connectivity index (χ3n) is 2.48. The zero-order valence-corrected chi connectivity index (χ0v) is 10.0. The molecule has 0 bridgehead atoms. The summed E-state index contributed by atoms with van der Waals surface area (Å²) >= 11 is 1.59. The van der Waals surface area contributed by atoms with E-state index in [0.717, 1.165) is 37.0 Å². The molecule has 0 aromatic carbocycles. The summed E-state index contributed by atoms with van der Waals surface area (Å²) in [7, 11) is 1.39. The van der Waals surface area contributed by atoms with Crippen LogP contribution in [0.2, 0.25) is 0 Å². The lowest BCUT2D eigenvalue weighted by Crippen LogP contribution is -2.43. The van der Waals surface area contributed by atoms with Gasteiger partial charge in [-0.1, -0.05) is 0 Å². The number of carbonyl (C=O) groups is 1. The maximum absolute atomic E-state index is 11.1. The van der Waals surface area contributed by atoms with Gasteiger partial charge in [-0.05, 0) is 0 Å². The molecule has 1 N–H and O–H groups in total. The number of esters is 1. The van der Waals surface area contributed by atoms with Gasteiger partial charge >= 0.3 is 5.97 Å². The number of anilines is 1. The molecule has 0 radical (unpaired) electrons. The third-order valence-corrected chi connectivity index (χ3v) is 3.43. The Balaban J connectivity index is 1.98. The van der Waals surface area contributed by atoms with Gasteiger partial charge < -0.3 is 15.0 Å². The quantitative estimate of drug-likeness (QED) is 0.770. The van der Waals surface area contributed by atoms with Crippen LogP contribution in [0.25, 0.3) is 0 Å². The normalized spacial score (nSPS) is 16.2. The molecule has 0 spiro atoms. The molecule has 0 atom stereocenters. The Bertz CT molecular complexity index is 361. The average Bonchev–Trinajstić information content (AvgIpc) is 2.78. The standard InChI is InChI=1S/C10H15N3O2S/c1-15-9(14)6-8-7-16-10(12-8)13-4-2-11-3-5-13/h7,11H,2-6H2,1H3. The molecule has 1 aromatic rings. The van der Waals surface area contributed by atoms with Crippen LogP contribution in [-0.2, 0) is 16.0 Å². The van der Waals surface area contributed by atoms with Crippen LogP contribution in [0.15, 0.2) is 5.38 Å². The predicted octanol–water partition coefficient (Wildman–Crippen LogP) is 0.268. The number of carbonyl (C=O) groups excluding carboxylic acids is 1. The molecule has 0 amide bonds. The van der Waals surface area contributed by atoms with Gasteiger partial charge in [0.05, 0.1) is 19.2 Å². The number of nitrogens with zero attached hydrogens (tertiary/aromatic N) is 2. The summed E-state index contributed by atoms with van der Waals surface area (Å²) in [5, 5.41) is 6.22. The monoisotopic (exact) mass is 241 g/mol. The molecule has 1 aromatic heterocycles. The molecular formula is C10H15N3O2S. The van der Waals surface area contributed by atoms with Crippen LogP contribution < -0.4 is 10.2 Å². The Morgan fingerprint density at radius 2 is 2.38 bits per heavy atom. The maximum Gasteiger partial charge on any atom is 0.311 e. The molecule has 0 unspecified atom stereocenters. The summed E-state index contributed by atoms with van der Waals surface area (Å²) in [6.07, 6.45) is 0.263. The van der Waals surface area contributed by atoms with Gasteiger partial charge in [-0.25, -0.2) is 4.98 Å². The van der Waals surface area contributed by atoms with Crippen molar-refractivity contribution in [3.63, 3.8) is 0 Å². The first-order valence-electron chi connectivity index (χ1n) is 5.26. The molecule has 1 aliphatic heterocycles. The minimum Gasteiger partial charge on any atom is -0.469 e. The van der Waals surface area contributed by atoms with E-state index in [1.54, 1.807) is 11.3 Å². The highest BCUT2D eigenvalue weighted by Gasteiger charge is 2.15. The Kier molecular flexibility index (Phi) is 3.74. The number of hydrogen-bond acceptors (Lipinski definition) is 6. The number of aromatic nitrogens is 1. The minimum absolute atomic E-state index is 0.239. The minimum atomic E-state index is -0.239. The SMILES string of the molecule is COC(=O)Cc1csc(N2CCNCC2)n1. The van der Waals surface area contributed by atoms with Crippen molar-refractivity contribution < 1.29 is 9.53 Å². The fourth-order valence-corrected chi connectivity index (χ4v) is 2.48. The Labute approximate surface area is 98.4 Å². The van der Waals surface area contributed by atoms with E-state index < -0.39 is 0 Å². The van der Waals surface area contributed by atoms with E-state index in [1.165, 1.54) is 7.11 Å². The average molecular weight is 241 g/mol. The molecule has 5 nitrogen and oxygen atoms in total. The van der Waals surface area contributed by atoms with Gasteiger partial charge in [0.15, 0.2) is 5.13 Å². The summed E-state index contributed by atoms with van der Waals surface area (Å²) in [6, 6.07) is 0. The molecule has 2 heterocycles. The largest absolute Gasteiger partial charge is 0.469 e. The summed E-state index contributed by atoms with van der Waals surface area (Å²) in [5.74, 6) is -0.239. The van der Waals surface area contributed by atoms with E-state index in [4.69, 9.17) is 0 Å². The van der Waals surface area contributed by atoms with Crippen LogP contribution in [-0.4, -0.2) is 44.2 Å². The number of methoxy groups -OCH3 is 1. The van der Waals surface area contributed by atoms with Crippen molar-refractivity contribution in [2.75, 3.05) is 38.2 Å². The van der Waals surface area contributed by atoms with Gasteiger partial charge in [0, 0.05) is 31.6 Å². The zero-order valence-electron chi connectivity index (χ0n) is 9.23. The van der Waals surface area contributed by atoms with Crippen LogP contribution in [0.4, 0.5) is 5.13 Å². The first-order chi connectivity index (χ1) is 7.79. The number of ether oxygens (including phenoxy) is 1. The Morgan fingerprint density at radius 3 is 3.06 bits per heavy atom. The third kappa shape index (κ3) is 2.70. The molecule has 16 heavy (non-hydrogen) atoms. The lowest BCUT2D eigenvalue weighted by Gasteiger charge is -2.26. The first-order valence-corrected chi connectivity index (χ1v) is 6.14. The number of nitrogens with one attached hydrogen (secondary N) is 1. The second-order valence-electron chi connectivity index (χ2n) is 3.61. The highest BCUT2D eigenvalue weighted by molar-refractivity contribution is 7.13. The number of rotatable bonds is 3.